The fourth-order valence-electron chi connectivity index (χ4n) is 2.13. The predicted molar refractivity (Wildman–Crippen MR) is 83.3 cm³/mol. The van der Waals surface area contributed by atoms with Crippen LogP contribution < -0.4 is 5.32 Å². The Balaban J connectivity index is 1.80. The van der Waals surface area contributed by atoms with Gasteiger partial charge in [0.1, 0.15) is 0 Å². The highest BCUT2D eigenvalue weighted by atomic mass is 79.9. The topological polar surface area (TPSA) is 38.3 Å². The van der Waals surface area contributed by atoms with Gasteiger partial charge in [-0.2, -0.15) is 0 Å². The molecule has 0 saturated carbocycles. The van der Waals surface area contributed by atoms with Crippen molar-refractivity contribution >= 4 is 43.5 Å². The lowest BCUT2D eigenvalue weighted by molar-refractivity contribution is -0.117. The molecule has 0 aliphatic carbocycles. The van der Waals surface area contributed by atoms with E-state index < -0.39 is 0 Å². The minimum atomic E-state index is 0.0391. The average molecular weight is 391 g/mol. The summed E-state index contributed by atoms with van der Waals surface area (Å²) in [6, 6.07) is 5.70. The van der Waals surface area contributed by atoms with E-state index in [1.807, 2.05) is 18.2 Å². The first-order valence-electron chi connectivity index (χ1n) is 6.51. The number of anilines is 1. The summed E-state index contributed by atoms with van der Waals surface area (Å²) in [6.45, 7) is 0.838. The number of amides is 1. The summed E-state index contributed by atoms with van der Waals surface area (Å²) >= 11 is 6.82. The molecule has 19 heavy (non-hydrogen) atoms. The van der Waals surface area contributed by atoms with Crippen LogP contribution in [0.3, 0.4) is 0 Å². The van der Waals surface area contributed by atoms with Gasteiger partial charge in [0.25, 0.3) is 0 Å². The summed E-state index contributed by atoms with van der Waals surface area (Å²) < 4.78 is 7.48. The molecule has 1 aromatic rings. The van der Waals surface area contributed by atoms with Gasteiger partial charge in [-0.1, -0.05) is 15.9 Å². The van der Waals surface area contributed by atoms with Crippen LogP contribution in [0.4, 0.5) is 5.69 Å². The molecule has 2 rings (SSSR count). The van der Waals surface area contributed by atoms with Crippen molar-refractivity contribution in [1.82, 2.24) is 0 Å². The molecule has 5 heteroatoms. The molecule has 0 radical (unpaired) electrons. The van der Waals surface area contributed by atoms with Crippen LogP contribution in [0.15, 0.2) is 27.1 Å². The molecular weight excluding hydrogens is 374 g/mol. The Morgan fingerprint density at radius 2 is 2.21 bits per heavy atom. The first-order chi connectivity index (χ1) is 9.15. The largest absolute Gasteiger partial charge is 0.378 e. The molecule has 1 amide bonds. The predicted octanol–water partition coefficient (Wildman–Crippen LogP) is 4.50. The number of carbonyl (C=O) groups is 1. The Kier molecular flexibility index (Phi) is 5.85. The molecule has 1 aromatic carbocycles. The van der Waals surface area contributed by atoms with E-state index in [0.717, 1.165) is 40.5 Å². The zero-order valence-corrected chi connectivity index (χ0v) is 13.8. The van der Waals surface area contributed by atoms with Gasteiger partial charge in [0, 0.05) is 22.0 Å². The van der Waals surface area contributed by atoms with Gasteiger partial charge in [-0.15, -0.1) is 0 Å². The standard InChI is InChI=1S/C14H17Br2NO2/c15-10-4-6-13(12(16)9-10)17-14(18)7-5-11-3-1-2-8-19-11/h4,6,9,11H,1-3,5,7-8H2,(H,17,18). The average Bonchev–Trinajstić information content (AvgIpc) is 2.41. The van der Waals surface area contributed by atoms with Crippen LogP contribution in [-0.4, -0.2) is 18.6 Å². The molecule has 1 fully saturated rings. The number of ether oxygens (including phenoxy) is 1. The number of halogens is 2. The molecule has 1 unspecified atom stereocenters. The quantitative estimate of drug-likeness (QED) is 0.821. The summed E-state index contributed by atoms with van der Waals surface area (Å²) in [4.78, 5) is 11.9. The van der Waals surface area contributed by atoms with Crippen molar-refractivity contribution in [3.63, 3.8) is 0 Å². The molecule has 0 spiro atoms. The van der Waals surface area contributed by atoms with Crippen LogP contribution in [0, 0.1) is 0 Å². The second-order valence-electron chi connectivity index (χ2n) is 4.70. The number of benzene rings is 1. The summed E-state index contributed by atoms with van der Waals surface area (Å²) in [5.41, 5.74) is 0.803. The molecule has 1 saturated heterocycles. The van der Waals surface area contributed by atoms with E-state index in [2.05, 4.69) is 37.2 Å². The van der Waals surface area contributed by atoms with Crippen molar-refractivity contribution in [1.29, 1.82) is 0 Å². The first kappa shape index (κ1) is 15.0. The van der Waals surface area contributed by atoms with E-state index in [1.165, 1.54) is 6.42 Å². The van der Waals surface area contributed by atoms with Crippen LogP contribution in [0.25, 0.3) is 0 Å². The third-order valence-electron chi connectivity index (χ3n) is 3.17. The van der Waals surface area contributed by atoms with E-state index in [9.17, 15) is 4.79 Å². The highest BCUT2D eigenvalue weighted by Gasteiger charge is 2.15. The number of carbonyl (C=O) groups excluding carboxylic acids is 1. The van der Waals surface area contributed by atoms with Gasteiger partial charge >= 0.3 is 0 Å². The maximum absolute atomic E-state index is 11.9. The molecule has 104 valence electrons. The van der Waals surface area contributed by atoms with Crippen LogP contribution in [0.5, 0.6) is 0 Å². The first-order valence-corrected chi connectivity index (χ1v) is 8.10. The summed E-state index contributed by atoms with van der Waals surface area (Å²) in [5.74, 6) is 0.0391. The number of hydrogen-bond donors (Lipinski definition) is 1. The van der Waals surface area contributed by atoms with Gasteiger partial charge < -0.3 is 10.1 Å². The minimum absolute atomic E-state index is 0.0391. The van der Waals surface area contributed by atoms with Crippen molar-refractivity contribution in [3.8, 4) is 0 Å². The highest BCUT2D eigenvalue weighted by molar-refractivity contribution is 9.11. The summed E-state index contributed by atoms with van der Waals surface area (Å²) in [7, 11) is 0. The van der Waals surface area contributed by atoms with Crippen molar-refractivity contribution in [3.05, 3.63) is 27.1 Å². The monoisotopic (exact) mass is 389 g/mol. The van der Waals surface area contributed by atoms with Crippen molar-refractivity contribution in [2.24, 2.45) is 0 Å². The van der Waals surface area contributed by atoms with Crippen LogP contribution in [-0.2, 0) is 9.53 Å². The van der Waals surface area contributed by atoms with Crippen molar-refractivity contribution < 1.29 is 9.53 Å². The van der Waals surface area contributed by atoms with Crippen LogP contribution >= 0.6 is 31.9 Å². The van der Waals surface area contributed by atoms with Gasteiger partial charge in [0.2, 0.25) is 5.91 Å². The van der Waals surface area contributed by atoms with Gasteiger partial charge in [0.15, 0.2) is 0 Å². The summed E-state index contributed by atoms with van der Waals surface area (Å²) in [5, 5.41) is 2.91. The third-order valence-corrected chi connectivity index (χ3v) is 4.32. The van der Waals surface area contributed by atoms with E-state index in [4.69, 9.17) is 4.74 Å². The second-order valence-corrected chi connectivity index (χ2v) is 6.47. The molecular formula is C14H17Br2NO2. The maximum Gasteiger partial charge on any atom is 0.224 e. The normalized spacial score (nSPS) is 19.2. The summed E-state index contributed by atoms with van der Waals surface area (Å²) in [6.07, 6.45) is 5.01. The van der Waals surface area contributed by atoms with Crippen LogP contribution in [0.2, 0.25) is 0 Å². The van der Waals surface area contributed by atoms with E-state index in [0.29, 0.717) is 6.42 Å². The fraction of sp³-hybridized carbons (Fsp3) is 0.500. The lowest BCUT2D eigenvalue weighted by Gasteiger charge is -2.22. The van der Waals surface area contributed by atoms with Gasteiger partial charge in [-0.25, -0.2) is 0 Å². The SMILES string of the molecule is O=C(CCC1CCCCO1)Nc1ccc(Br)cc1Br. The molecule has 3 nitrogen and oxygen atoms in total. The van der Waals surface area contributed by atoms with Gasteiger partial charge in [0.05, 0.1) is 11.8 Å². The molecule has 1 aliphatic rings. The Morgan fingerprint density at radius 1 is 1.37 bits per heavy atom. The third kappa shape index (κ3) is 4.89. The minimum Gasteiger partial charge on any atom is -0.378 e. The second kappa shape index (κ2) is 7.41. The van der Waals surface area contributed by atoms with Gasteiger partial charge in [-0.05, 0) is 59.8 Å². The lowest BCUT2D eigenvalue weighted by Crippen LogP contribution is -2.21. The van der Waals surface area contributed by atoms with Gasteiger partial charge in [-0.3, -0.25) is 4.79 Å². The molecule has 1 N–H and O–H groups in total. The number of hydrogen-bond acceptors (Lipinski definition) is 2. The Bertz CT molecular complexity index is 445. The Hall–Kier alpha value is -0.390. The van der Waals surface area contributed by atoms with Crippen LogP contribution in [0.1, 0.15) is 32.1 Å². The van der Waals surface area contributed by atoms with Crippen molar-refractivity contribution in [2.45, 2.75) is 38.2 Å². The molecule has 1 atom stereocenters. The molecule has 0 aromatic heterocycles. The number of nitrogens with one attached hydrogen (secondary N) is 1. The molecule has 1 aliphatic heterocycles. The zero-order valence-electron chi connectivity index (χ0n) is 10.6. The van der Waals surface area contributed by atoms with Crippen molar-refractivity contribution in [2.75, 3.05) is 11.9 Å². The van der Waals surface area contributed by atoms with E-state index in [1.54, 1.807) is 0 Å². The lowest BCUT2D eigenvalue weighted by atomic mass is 10.0. The van der Waals surface area contributed by atoms with E-state index >= 15 is 0 Å². The maximum atomic E-state index is 11.9. The Morgan fingerprint density at radius 3 is 2.89 bits per heavy atom. The molecule has 1 heterocycles. The highest BCUT2D eigenvalue weighted by Crippen LogP contribution is 2.26. The van der Waals surface area contributed by atoms with E-state index in [-0.39, 0.29) is 12.0 Å². The Labute approximate surface area is 130 Å². The smallest absolute Gasteiger partial charge is 0.224 e. The fourth-order valence-corrected chi connectivity index (χ4v) is 3.28. The zero-order chi connectivity index (χ0) is 13.7. The number of rotatable bonds is 4. The molecule has 0 bridgehead atoms.